The van der Waals surface area contributed by atoms with Crippen LogP contribution in [-0.2, 0) is 27.2 Å². The van der Waals surface area contributed by atoms with Crippen molar-refractivity contribution in [1.29, 1.82) is 0 Å². The fourth-order valence-electron chi connectivity index (χ4n) is 7.14. The minimum Gasteiger partial charge on any atom is -0.756 e. The van der Waals surface area contributed by atoms with E-state index >= 15 is 0 Å². The summed E-state index contributed by atoms with van der Waals surface area (Å²) in [6.07, 6.45) is 49.0. The molecule has 0 aromatic heterocycles. The van der Waals surface area contributed by atoms with Crippen molar-refractivity contribution in [3.05, 3.63) is 0 Å². The zero-order valence-corrected chi connectivity index (χ0v) is 43.2. The Morgan fingerprint density at radius 1 is 0.254 bits per heavy atom. The van der Waals surface area contributed by atoms with Crippen molar-refractivity contribution in [2.75, 3.05) is 26.4 Å². The van der Waals surface area contributed by atoms with Crippen LogP contribution in [0.25, 0.3) is 0 Å². The van der Waals surface area contributed by atoms with Crippen LogP contribution in [0.3, 0.4) is 0 Å². The van der Waals surface area contributed by atoms with Crippen molar-refractivity contribution in [3.63, 3.8) is 0 Å². The molecule has 0 fully saturated rings. The Kier molecular flexibility index (Phi) is 58.1. The van der Waals surface area contributed by atoms with Gasteiger partial charge in [-0.05, 0) is 25.7 Å². The van der Waals surface area contributed by atoms with Crippen LogP contribution in [0.4, 0.5) is 0 Å². The van der Waals surface area contributed by atoms with Crippen molar-refractivity contribution < 1.29 is 37.0 Å². The predicted octanol–water partition coefficient (Wildman–Crippen LogP) is 16.3. The molecule has 0 radical (unpaired) electrons. The fraction of sp³-hybridized carbons (Fsp3) is 1.00. The van der Waals surface area contributed by atoms with Gasteiger partial charge in [0.15, 0.2) is 0 Å². The van der Waals surface area contributed by atoms with Gasteiger partial charge in [0.2, 0.25) is 0 Å². The SMILES string of the molecule is CCCCCCCCCCCCOP(=O)([O-])OCCCCCCCCCCCC.CCCCCCCCCCCCOP(=O)([O-])OCCCCCCCCCCCC.[Mg+2]. The summed E-state index contributed by atoms with van der Waals surface area (Å²) in [5.74, 6) is 0. The van der Waals surface area contributed by atoms with E-state index in [0.29, 0.717) is 0 Å². The first kappa shape index (κ1) is 64.3. The predicted molar refractivity (Wildman–Crippen MR) is 252 cm³/mol. The molecule has 0 amide bonds. The van der Waals surface area contributed by atoms with Crippen molar-refractivity contribution in [2.45, 2.75) is 285 Å². The third kappa shape index (κ3) is 59.0. The standard InChI is InChI=1S/2C24H51O4P.Mg/c2*1-3-5-7-9-11-13-15-17-19-21-23-27-29(25,26)28-24-22-20-18-16-14-12-10-8-6-4-2;/h2*3-24H2,1-2H3,(H,25,26);/q;;+2/p-2. The molecule has 59 heavy (non-hydrogen) atoms. The fourth-order valence-corrected chi connectivity index (χ4v) is 8.70. The van der Waals surface area contributed by atoms with Gasteiger partial charge >= 0.3 is 23.1 Å². The summed E-state index contributed by atoms with van der Waals surface area (Å²) < 4.78 is 43.4. The van der Waals surface area contributed by atoms with Gasteiger partial charge in [-0.1, -0.05) is 259 Å². The molecule has 0 heterocycles. The van der Waals surface area contributed by atoms with Crippen molar-refractivity contribution in [1.82, 2.24) is 0 Å². The molecule has 0 saturated carbocycles. The van der Waals surface area contributed by atoms with Gasteiger partial charge in [0.25, 0.3) is 15.6 Å². The smallest absolute Gasteiger partial charge is 0.756 e. The van der Waals surface area contributed by atoms with Crippen molar-refractivity contribution in [3.8, 4) is 0 Å². The van der Waals surface area contributed by atoms with Gasteiger partial charge in [-0.3, -0.25) is 9.13 Å². The van der Waals surface area contributed by atoms with Gasteiger partial charge in [-0.2, -0.15) is 0 Å². The van der Waals surface area contributed by atoms with E-state index in [4.69, 9.17) is 18.1 Å². The van der Waals surface area contributed by atoms with E-state index in [1.165, 1.54) is 205 Å². The average Bonchev–Trinajstić information content (AvgIpc) is 3.20. The summed E-state index contributed by atoms with van der Waals surface area (Å²) in [7, 11) is -8.19. The number of hydrogen-bond acceptors (Lipinski definition) is 8. The minimum absolute atomic E-state index is 0. The van der Waals surface area contributed by atoms with Gasteiger partial charge < -0.3 is 27.9 Å². The van der Waals surface area contributed by atoms with Crippen LogP contribution in [0.2, 0.25) is 0 Å². The topological polar surface area (TPSA) is 117 Å². The largest absolute Gasteiger partial charge is 2.00 e. The Morgan fingerprint density at radius 3 is 0.508 bits per heavy atom. The maximum atomic E-state index is 11.7. The van der Waals surface area contributed by atoms with Gasteiger partial charge in [-0.15, -0.1) is 0 Å². The molecule has 0 aliphatic rings. The van der Waals surface area contributed by atoms with Gasteiger partial charge in [0, 0.05) is 0 Å². The van der Waals surface area contributed by atoms with E-state index < -0.39 is 15.6 Å². The molecule has 0 N–H and O–H groups in total. The van der Waals surface area contributed by atoms with Crippen molar-refractivity contribution in [2.24, 2.45) is 0 Å². The second kappa shape index (κ2) is 53.3. The molecule has 0 saturated heterocycles. The molecule has 0 bridgehead atoms. The Hall–Kier alpha value is 0.986. The van der Waals surface area contributed by atoms with Gasteiger partial charge in [0.1, 0.15) is 0 Å². The van der Waals surface area contributed by atoms with Crippen LogP contribution < -0.4 is 9.79 Å². The van der Waals surface area contributed by atoms with E-state index in [2.05, 4.69) is 27.7 Å². The molecule has 0 aliphatic carbocycles. The quantitative estimate of drug-likeness (QED) is 0.0337. The monoisotopic (exact) mass is 891 g/mol. The maximum absolute atomic E-state index is 11.7. The number of rotatable bonds is 48. The second-order valence-corrected chi connectivity index (χ2v) is 19.8. The molecule has 0 aromatic rings. The van der Waals surface area contributed by atoms with Crippen LogP contribution in [0.5, 0.6) is 0 Å². The maximum Gasteiger partial charge on any atom is 2.00 e. The Bertz CT molecular complexity index is 741. The molecular formula is C48H100MgO8P2. The molecule has 11 heteroatoms. The van der Waals surface area contributed by atoms with E-state index in [0.717, 1.165) is 51.4 Å². The summed E-state index contributed by atoms with van der Waals surface area (Å²) in [6.45, 7) is 10.0. The zero-order valence-electron chi connectivity index (χ0n) is 40.0. The Morgan fingerprint density at radius 2 is 0.373 bits per heavy atom. The first-order valence-electron chi connectivity index (χ1n) is 25.4. The number of phosphoric acid groups is 2. The van der Waals surface area contributed by atoms with Crippen molar-refractivity contribution >= 4 is 38.7 Å². The Balaban J connectivity index is -0.00000105. The molecule has 0 unspecified atom stereocenters. The summed E-state index contributed by atoms with van der Waals surface area (Å²) in [5, 5.41) is 0. The van der Waals surface area contributed by atoms with Gasteiger partial charge in [-0.25, -0.2) is 0 Å². The summed E-state index contributed by atoms with van der Waals surface area (Å²) in [4.78, 5) is 23.5. The molecule has 0 rings (SSSR count). The summed E-state index contributed by atoms with van der Waals surface area (Å²) in [5.41, 5.74) is 0. The average molecular weight is 892 g/mol. The molecule has 0 spiro atoms. The Labute approximate surface area is 384 Å². The van der Waals surface area contributed by atoms with Crippen LogP contribution >= 0.6 is 15.6 Å². The van der Waals surface area contributed by atoms with E-state index in [1.807, 2.05) is 0 Å². The summed E-state index contributed by atoms with van der Waals surface area (Å²) in [6, 6.07) is 0. The number of hydrogen-bond donors (Lipinski definition) is 0. The molecule has 0 atom stereocenters. The van der Waals surface area contributed by atoms with Crippen LogP contribution in [0, 0.1) is 0 Å². The van der Waals surface area contributed by atoms with E-state index in [-0.39, 0.29) is 49.5 Å². The van der Waals surface area contributed by atoms with Crippen LogP contribution in [0.15, 0.2) is 0 Å². The molecule has 352 valence electrons. The second-order valence-electron chi connectivity index (χ2n) is 17.0. The zero-order chi connectivity index (χ0) is 42.9. The third-order valence-corrected chi connectivity index (χ3v) is 13.0. The molecular weight excluding hydrogens is 791 g/mol. The first-order chi connectivity index (χ1) is 28.2. The molecule has 8 nitrogen and oxygen atoms in total. The molecule has 0 aliphatic heterocycles. The third-order valence-electron chi connectivity index (χ3n) is 11.0. The normalized spacial score (nSPS) is 11.8. The molecule has 0 aromatic carbocycles. The first-order valence-corrected chi connectivity index (χ1v) is 28.4. The summed E-state index contributed by atoms with van der Waals surface area (Å²) >= 11 is 0. The number of unbranched alkanes of at least 4 members (excludes halogenated alkanes) is 36. The van der Waals surface area contributed by atoms with Crippen LogP contribution in [-0.4, -0.2) is 49.5 Å². The number of phosphoric ester groups is 2. The van der Waals surface area contributed by atoms with Gasteiger partial charge in [0.05, 0.1) is 26.4 Å². The minimum atomic E-state index is -4.10. The van der Waals surface area contributed by atoms with E-state index in [1.54, 1.807) is 0 Å². The van der Waals surface area contributed by atoms with E-state index in [9.17, 15) is 18.9 Å². The van der Waals surface area contributed by atoms with Crippen LogP contribution in [0.1, 0.15) is 285 Å².